The van der Waals surface area contributed by atoms with Crippen molar-refractivity contribution in [1.82, 2.24) is 25.7 Å². The Bertz CT molecular complexity index is 1340. The van der Waals surface area contributed by atoms with Crippen LogP contribution in [0.1, 0.15) is 75.4 Å². The molecule has 0 amide bonds. The molecule has 2 heterocycles. The fourth-order valence-corrected chi connectivity index (χ4v) is 5.76. The number of rotatable bonds is 4. The van der Waals surface area contributed by atoms with Crippen molar-refractivity contribution in [2.45, 2.75) is 75.8 Å². The van der Waals surface area contributed by atoms with Crippen molar-refractivity contribution >= 4 is 5.97 Å². The van der Waals surface area contributed by atoms with Crippen molar-refractivity contribution in [3.63, 3.8) is 0 Å². The minimum absolute atomic E-state index is 0.0396. The van der Waals surface area contributed by atoms with Gasteiger partial charge in [0.15, 0.2) is 0 Å². The third-order valence-corrected chi connectivity index (χ3v) is 7.26. The first-order valence-corrected chi connectivity index (χ1v) is 12.8. The number of benzene rings is 2. The first-order valence-electron chi connectivity index (χ1n) is 12.8. The van der Waals surface area contributed by atoms with E-state index in [9.17, 15) is 23.1 Å². The number of carbonyl (C=O) groups excluding carboxylic acids is 1. The maximum atomic E-state index is 13.4. The van der Waals surface area contributed by atoms with Gasteiger partial charge in [-0.05, 0) is 74.2 Å². The minimum atomic E-state index is -4.76. The van der Waals surface area contributed by atoms with E-state index in [-0.39, 0.29) is 23.3 Å². The topological polar surface area (TPSA) is 111 Å². The molecule has 39 heavy (non-hydrogen) atoms. The largest absolute Gasteiger partial charge is 0.508 e. The lowest BCUT2D eigenvalue weighted by Crippen LogP contribution is -2.47. The maximum Gasteiger partial charge on any atom is 0.453 e. The number of halogens is 3. The molecule has 1 aromatic heterocycles. The first-order chi connectivity index (χ1) is 18.4. The highest BCUT2D eigenvalue weighted by Gasteiger charge is 2.55. The quantitative estimate of drug-likeness (QED) is 0.440. The zero-order valence-corrected chi connectivity index (χ0v) is 21.8. The minimum Gasteiger partial charge on any atom is -0.508 e. The smallest absolute Gasteiger partial charge is 0.453 e. The van der Waals surface area contributed by atoms with Crippen molar-refractivity contribution in [3.05, 3.63) is 65.5 Å². The van der Waals surface area contributed by atoms with Gasteiger partial charge >= 0.3 is 12.1 Å². The zero-order chi connectivity index (χ0) is 28.0. The van der Waals surface area contributed by atoms with Crippen LogP contribution in [-0.2, 0) is 20.5 Å². The third-order valence-electron chi connectivity index (χ3n) is 7.26. The molecular formula is C27H30F3N5O4. The predicted octanol–water partition coefficient (Wildman–Crippen LogP) is 5.02. The lowest BCUT2D eigenvalue weighted by Gasteiger charge is -2.44. The summed E-state index contributed by atoms with van der Waals surface area (Å²) in [6.07, 6.45) is -2.41. The van der Waals surface area contributed by atoms with Crippen LogP contribution in [-0.4, -0.2) is 42.5 Å². The lowest BCUT2D eigenvalue weighted by atomic mass is 9.64. The van der Waals surface area contributed by atoms with E-state index >= 15 is 0 Å². The summed E-state index contributed by atoms with van der Waals surface area (Å²) in [6, 6.07) is 13.1. The van der Waals surface area contributed by atoms with Crippen molar-refractivity contribution in [1.29, 1.82) is 0 Å². The summed E-state index contributed by atoms with van der Waals surface area (Å²) in [5, 5.41) is 20.5. The molecule has 1 unspecified atom stereocenters. The van der Waals surface area contributed by atoms with Crippen LogP contribution < -0.4 is 5.48 Å². The molecule has 0 radical (unpaired) electrons. The Labute approximate surface area is 223 Å². The Morgan fingerprint density at radius 2 is 1.92 bits per heavy atom. The second-order valence-electron chi connectivity index (χ2n) is 11.1. The molecule has 1 aliphatic heterocycles. The van der Waals surface area contributed by atoms with Crippen LogP contribution in [0.5, 0.6) is 5.75 Å². The van der Waals surface area contributed by atoms with Gasteiger partial charge in [0.05, 0.1) is 23.2 Å². The Morgan fingerprint density at radius 1 is 1.18 bits per heavy atom. The van der Waals surface area contributed by atoms with Crippen molar-refractivity contribution in [3.8, 4) is 11.4 Å². The molecule has 1 aliphatic carbocycles. The van der Waals surface area contributed by atoms with Crippen LogP contribution in [0.3, 0.4) is 0 Å². The lowest BCUT2D eigenvalue weighted by molar-refractivity contribution is -0.170. The number of ether oxygens (including phenoxy) is 1. The van der Waals surface area contributed by atoms with Crippen molar-refractivity contribution < 1.29 is 32.6 Å². The highest BCUT2D eigenvalue weighted by molar-refractivity contribution is 5.75. The fourth-order valence-electron chi connectivity index (χ4n) is 5.76. The van der Waals surface area contributed by atoms with Crippen molar-refractivity contribution in [2.24, 2.45) is 5.92 Å². The van der Waals surface area contributed by atoms with E-state index < -0.39 is 35.2 Å². The number of aromatic hydroxyl groups is 1. The Balaban J connectivity index is 1.50. The van der Waals surface area contributed by atoms with Gasteiger partial charge in [-0.2, -0.15) is 23.3 Å². The van der Waals surface area contributed by atoms with Gasteiger partial charge in [0.2, 0.25) is 0 Å². The second kappa shape index (κ2) is 9.91. The number of hydroxylamine groups is 1. The highest BCUT2D eigenvalue weighted by atomic mass is 19.4. The number of tetrazole rings is 1. The highest BCUT2D eigenvalue weighted by Crippen LogP contribution is 2.54. The van der Waals surface area contributed by atoms with Gasteiger partial charge in [-0.3, -0.25) is 9.63 Å². The molecule has 1 saturated heterocycles. The number of alkyl halides is 3. The van der Waals surface area contributed by atoms with Gasteiger partial charge in [0.1, 0.15) is 11.4 Å². The van der Waals surface area contributed by atoms with Gasteiger partial charge < -0.3 is 9.84 Å². The summed E-state index contributed by atoms with van der Waals surface area (Å²) in [4.78, 5) is 19.7. The molecule has 0 bridgehead atoms. The summed E-state index contributed by atoms with van der Waals surface area (Å²) in [7, 11) is 0. The maximum absolute atomic E-state index is 13.4. The Hall–Kier alpha value is -3.51. The molecule has 2 fully saturated rings. The average Bonchev–Trinajstić information content (AvgIpc) is 3.52. The number of esters is 1. The molecule has 2 aliphatic rings. The number of phenols is 1. The summed E-state index contributed by atoms with van der Waals surface area (Å²) in [5.74, 6) is -2.50. The van der Waals surface area contributed by atoms with Crippen LogP contribution in [0, 0.1) is 5.92 Å². The second-order valence-corrected chi connectivity index (χ2v) is 11.1. The van der Waals surface area contributed by atoms with E-state index in [1.165, 1.54) is 18.2 Å². The van der Waals surface area contributed by atoms with E-state index in [0.29, 0.717) is 35.9 Å². The van der Waals surface area contributed by atoms with Crippen LogP contribution in [0.4, 0.5) is 13.2 Å². The van der Waals surface area contributed by atoms with Crippen LogP contribution in [0.2, 0.25) is 0 Å². The molecule has 12 heteroatoms. The molecule has 2 aromatic carbocycles. The molecule has 9 nitrogen and oxygen atoms in total. The van der Waals surface area contributed by atoms with E-state index in [2.05, 4.69) is 21.0 Å². The van der Waals surface area contributed by atoms with Gasteiger partial charge in [0.25, 0.3) is 5.82 Å². The van der Waals surface area contributed by atoms with Crippen LogP contribution >= 0.6 is 0 Å². The molecule has 1 spiro atoms. The predicted molar refractivity (Wildman–Crippen MR) is 132 cm³/mol. The van der Waals surface area contributed by atoms with E-state index in [0.717, 1.165) is 5.56 Å². The van der Waals surface area contributed by atoms with Crippen molar-refractivity contribution in [2.75, 3.05) is 0 Å². The standard InChI is InChI=1S/C27H30F3N5O4/c1-25(2,3)38-23(37)18-10-7-13-26(22(18)16-8-5-4-6-9-16)15-20(32-39-26)19-14-17(11-12-21(19)36)35-24(27(28,29)30)31-33-34-35/h4-6,8-9,11-12,14,18,20,22,32,36H,7,10,13,15H2,1-3H3/t18?,20-,22+,26+/m0/s1. The fraction of sp³-hybridized carbons (Fsp3) is 0.481. The van der Waals surface area contributed by atoms with E-state index in [1.807, 2.05) is 51.1 Å². The monoisotopic (exact) mass is 545 g/mol. The number of carbonyl (C=O) groups is 1. The number of hydrogen-bond acceptors (Lipinski definition) is 8. The normalized spacial score (nSPS) is 25.6. The van der Waals surface area contributed by atoms with Gasteiger partial charge in [-0.15, -0.1) is 5.10 Å². The molecule has 3 aromatic rings. The molecule has 5 rings (SSSR count). The van der Waals surface area contributed by atoms with E-state index in [1.54, 1.807) is 0 Å². The molecule has 1 saturated carbocycles. The number of aromatic nitrogens is 4. The SMILES string of the molecule is CC(C)(C)OC(=O)C1CCC[C@@]2(C[C@@H](c3cc(-n4nnnc4C(F)(F)F)ccc3O)NO2)[C@@H]1c1ccccc1. The summed E-state index contributed by atoms with van der Waals surface area (Å²) in [6.45, 7) is 5.49. The molecule has 2 N–H and O–H groups in total. The molecule has 208 valence electrons. The number of nitrogens with zero attached hydrogens (tertiary/aromatic N) is 4. The van der Waals surface area contributed by atoms with Crippen LogP contribution in [0.15, 0.2) is 48.5 Å². The van der Waals surface area contributed by atoms with Gasteiger partial charge in [0, 0.05) is 17.9 Å². The van der Waals surface area contributed by atoms with Gasteiger partial charge in [-0.25, -0.2) is 0 Å². The summed E-state index contributed by atoms with van der Waals surface area (Å²) < 4.78 is 46.6. The summed E-state index contributed by atoms with van der Waals surface area (Å²) in [5.41, 5.74) is 2.83. The van der Waals surface area contributed by atoms with E-state index in [4.69, 9.17) is 9.57 Å². The van der Waals surface area contributed by atoms with Gasteiger partial charge in [-0.1, -0.05) is 30.3 Å². The average molecular weight is 546 g/mol. The first kappa shape index (κ1) is 27.1. The third kappa shape index (κ3) is 5.35. The zero-order valence-electron chi connectivity index (χ0n) is 21.8. The van der Waals surface area contributed by atoms with Crippen LogP contribution in [0.25, 0.3) is 5.69 Å². The summed E-state index contributed by atoms with van der Waals surface area (Å²) >= 11 is 0. The molecular weight excluding hydrogens is 515 g/mol. The Morgan fingerprint density at radius 3 is 2.62 bits per heavy atom. The number of nitrogens with one attached hydrogen (secondary N) is 1. The molecule has 4 atom stereocenters. The Kier molecular flexibility index (Phi) is 6.88. The number of phenolic OH excluding ortho intramolecular Hbond substituents is 1. The number of hydrogen-bond donors (Lipinski definition) is 2.